The lowest BCUT2D eigenvalue weighted by Gasteiger charge is -2.26. The molecule has 0 saturated carbocycles. The van der Waals surface area contributed by atoms with Crippen molar-refractivity contribution < 1.29 is 4.74 Å². The van der Waals surface area contributed by atoms with Gasteiger partial charge in [-0.25, -0.2) is 0 Å². The summed E-state index contributed by atoms with van der Waals surface area (Å²) >= 11 is 0. The quantitative estimate of drug-likeness (QED) is 0.757. The maximum atomic E-state index is 6.34. The molecule has 3 N–H and O–H groups in total. The van der Waals surface area contributed by atoms with Crippen LogP contribution < -0.4 is 11.1 Å². The zero-order valence-corrected chi connectivity index (χ0v) is 11.2. The van der Waals surface area contributed by atoms with Gasteiger partial charge in [0.05, 0.1) is 11.6 Å². The van der Waals surface area contributed by atoms with E-state index in [2.05, 4.69) is 24.4 Å². The van der Waals surface area contributed by atoms with Crippen LogP contribution in [-0.4, -0.2) is 25.8 Å². The molecule has 2 rings (SSSR count). The van der Waals surface area contributed by atoms with Crippen LogP contribution in [0.1, 0.15) is 31.7 Å². The average molecular weight is 248 g/mol. The third-order valence-electron chi connectivity index (χ3n) is 3.59. The molecule has 0 aromatic heterocycles. The van der Waals surface area contributed by atoms with Gasteiger partial charge in [-0.1, -0.05) is 30.3 Å². The van der Waals surface area contributed by atoms with Crippen molar-refractivity contribution in [2.24, 2.45) is 5.73 Å². The molecule has 100 valence electrons. The van der Waals surface area contributed by atoms with Crippen molar-refractivity contribution >= 4 is 0 Å². The summed E-state index contributed by atoms with van der Waals surface area (Å²) in [6.07, 6.45) is 3.97. The molecule has 0 spiro atoms. The normalized spacial score (nSPS) is 22.9. The Balaban J connectivity index is 1.71. The molecular weight excluding hydrogens is 224 g/mol. The van der Waals surface area contributed by atoms with E-state index < -0.39 is 0 Å². The summed E-state index contributed by atoms with van der Waals surface area (Å²) in [5, 5.41) is 3.45. The molecule has 1 saturated heterocycles. The van der Waals surface area contributed by atoms with Gasteiger partial charge in [-0.3, -0.25) is 0 Å². The highest BCUT2D eigenvalue weighted by molar-refractivity contribution is 5.23. The molecule has 1 aromatic carbocycles. The molecule has 0 bridgehead atoms. The van der Waals surface area contributed by atoms with E-state index in [1.165, 1.54) is 18.4 Å². The zero-order chi connectivity index (χ0) is 12.8. The highest BCUT2D eigenvalue weighted by Crippen LogP contribution is 2.17. The van der Waals surface area contributed by atoms with E-state index in [0.29, 0.717) is 6.10 Å². The van der Waals surface area contributed by atoms with Gasteiger partial charge in [-0.05, 0) is 38.3 Å². The minimum atomic E-state index is -0.308. The van der Waals surface area contributed by atoms with Crippen LogP contribution in [0, 0.1) is 0 Å². The van der Waals surface area contributed by atoms with E-state index in [-0.39, 0.29) is 5.54 Å². The molecule has 1 aliphatic heterocycles. The van der Waals surface area contributed by atoms with Crippen LogP contribution in [0.25, 0.3) is 0 Å². The van der Waals surface area contributed by atoms with Crippen molar-refractivity contribution in [1.82, 2.24) is 5.32 Å². The van der Waals surface area contributed by atoms with E-state index >= 15 is 0 Å². The molecule has 3 nitrogen and oxygen atoms in total. The Morgan fingerprint density at radius 2 is 2.17 bits per heavy atom. The first-order chi connectivity index (χ1) is 8.68. The fourth-order valence-corrected chi connectivity index (χ4v) is 2.40. The first-order valence-corrected chi connectivity index (χ1v) is 6.85. The highest BCUT2D eigenvalue weighted by atomic mass is 16.5. The van der Waals surface area contributed by atoms with Crippen molar-refractivity contribution in [3.8, 4) is 0 Å². The topological polar surface area (TPSA) is 47.3 Å². The second-order valence-corrected chi connectivity index (χ2v) is 5.38. The van der Waals surface area contributed by atoms with Gasteiger partial charge in [0.25, 0.3) is 0 Å². The molecule has 2 atom stereocenters. The fraction of sp³-hybridized carbons (Fsp3) is 0.600. The Labute approximate surface area is 110 Å². The van der Waals surface area contributed by atoms with Crippen molar-refractivity contribution in [2.45, 2.75) is 37.8 Å². The van der Waals surface area contributed by atoms with Crippen LogP contribution in [0.3, 0.4) is 0 Å². The number of benzene rings is 1. The predicted octanol–water partition coefficient (Wildman–Crippen LogP) is 2.02. The molecule has 3 heteroatoms. The molecular formula is C15H24N2O. The van der Waals surface area contributed by atoms with E-state index in [0.717, 1.165) is 26.1 Å². The Kier molecular flexibility index (Phi) is 4.75. The van der Waals surface area contributed by atoms with Gasteiger partial charge < -0.3 is 15.8 Å². The van der Waals surface area contributed by atoms with Crippen molar-refractivity contribution in [3.63, 3.8) is 0 Å². The lowest BCUT2D eigenvalue weighted by Crippen LogP contribution is -2.43. The van der Waals surface area contributed by atoms with E-state index in [4.69, 9.17) is 10.5 Å². The molecule has 18 heavy (non-hydrogen) atoms. The molecule has 0 radical (unpaired) electrons. The molecule has 1 aromatic rings. The fourth-order valence-electron chi connectivity index (χ4n) is 2.40. The minimum absolute atomic E-state index is 0.308. The number of nitrogens with one attached hydrogen (secondary N) is 1. The first kappa shape index (κ1) is 13.5. The van der Waals surface area contributed by atoms with Gasteiger partial charge in [0.1, 0.15) is 0 Å². The number of ether oxygens (including phenoxy) is 1. The predicted molar refractivity (Wildman–Crippen MR) is 74.4 cm³/mol. The average Bonchev–Trinajstić information content (AvgIpc) is 2.89. The molecule has 1 heterocycles. The first-order valence-electron chi connectivity index (χ1n) is 6.85. The van der Waals surface area contributed by atoms with Crippen LogP contribution in [0.2, 0.25) is 0 Å². The Hall–Kier alpha value is -0.900. The summed E-state index contributed by atoms with van der Waals surface area (Å²) < 4.78 is 5.60. The minimum Gasteiger partial charge on any atom is -0.378 e. The standard InChI is InChI=1S/C15H24N2O/c1-15(16,13-6-3-2-4-7-13)12-17-10-9-14-8-5-11-18-14/h2-4,6-7,14,17H,5,8-12,16H2,1H3. The van der Waals surface area contributed by atoms with E-state index in [1.807, 2.05) is 18.2 Å². The van der Waals surface area contributed by atoms with Crippen molar-refractivity contribution in [1.29, 1.82) is 0 Å². The van der Waals surface area contributed by atoms with Gasteiger partial charge >= 0.3 is 0 Å². The second kappa shape index (κ2) is 6.32. The number of hydrogen-bond donors (Lipinski definition) is 2. The maximum absolute atomic E-state index is 6.34. The van der Waals surface area contributed by atoms with Crippen LogP contribution in [-0.2, 0) is 10.3 Å². The zero-order valence-electron chi connectivity index (χ0n) is 11.2. The Morgan fingerprint density at radius 1 is 1.39 bits per heavy atom. The maximum Gasteiger partial charge on any atom is 0.0588 e. The van der Waals surface area contributed by atoms with Crippen LogP contribution in [0.15, 0.2) is 30.3 Å². The van der Waals surface area contributed by atoms with E-state index in [1.54, 1.807) is 0 Å². The molecule has 0 aliphatic carbocycles. The molecule has 1 aliphatic rings. The van der Waals surface area contributed by atoms with Gasteiger partial charge in [-0.15, -0.1) is 0 Å². The monoisotopic (exact) mass is 248 g/mol. The lowest BCUT2D eigenvalue weighted by molar-refractivity contribution is 0.104. The molecule has 1 fully saturated rings. The third-order valence-corrected chi connectivity index (χ3v) is 3.59. The van der Waals surface area contributed by atoms with E-state index in [9.17, 15) is 0 Å². The number of rotatable bonds is 6. The second-order valence-electron chi connectivity index (χ2n) is 5.38. The summed E-state index contributed by atoms with van der Waals surface area (Å²) in [7, 11) is 0. The summed E-state index contributed by atoms with van der Waals surface area (Å²) in [4.78, 5) is 0. The Bertz CT molecular complexity index is 345. The number of hydrogen-bond acceptors (Lipinski definition) is 3. The SMILES string of the molecule is CC(N)(CNCCC1CCCO1)c1ccccc1. The Morgan fingerprint density at radius 3 is 2.83 bits per heavy atom. The largest absolute Gasteiger partial charge is 0.378 e. The molecule has 0 amide bonds. The summed E-state index contributed by atoms with van der Waals surface area (Å²) in [6.45, 7) is 4.78. The lowest BCUT2D eigenvalue weighted by atomic mass is 9.93. The third kappa shape index (κ3) is 3.80. The summed E-state index contributed by atoms with van der Waals surface area (Å²) in [6, 6.07) is 10.3. The summed E-state index contributed by atoms with van der Waals surface area (Å²) in [5.41, 5.74) is 7.21. The van der Waals surface area contributed by atoms with Crippen LogP contribution in [0.5, 0.6) is 0 Å². The smallest absolute Gasteiger partial charge is 0.0588 e. The van der Waals surface area contributed by atoms with Gasteiger partial charge in [0.15, 0.2) is 0 Å². The van der Waals surface area contributed by atoms with Gasteiger partial charge in [0.2, 0.25) is 0 Å². The molecule has 2 unspecified atom stereocenters. The van der Waals surface area contributed by atoms with Crippen LogP contribution >= 0.6 is 0 Å². The number of nitrogens with two attached hydrogens (primary N) is 1. The van der Waals surface area contributed by atoms with Crippen molar-refractivity contribution in [3.05, 3.63) is 35.9 Å². The highest BCUT2D eigenvalue weighted by Gasteiger charge is 2.20. The van der Waals surface area contributed by atoms with Gasteiger partial charge in [-0.2, -0.15) is 0 Å². The van der Waals surface area contributed by atoms with Crippen molar-refractivity contribution in [2.75, 3.05) is 19.7 Å². The summed E-state index contributed by atoms with van der Waals surface area (Å²) in [5.74, 6) is 0. The van der Waals surface area contributed by atoms with Gasteiger partial charge in [0, 0.05) is 13.2 Å². The van der Waals surface area contributed by atoms with Crippen LogP contribution in [0.4, 0.5) is 0 Å².